The Morgan fingerprint density at radius 3 is 2.95 bits per heavy atom. The topological polar surface area (TPSA) is 109 Å². The SMILES string of the molecule is CC[C@H]1O[C@@H](n2cc(C)c(N)nc2=O)CC1OP(O)(=S)OC. The maximum Gasteiger partial charge on any atom is 0.351 e. The van der Waals surface area contributed by atoms with E-state index in [9.17, 15) is 9.69 Å². The number of anilines is 1. The average Bonchev–Trinajstić information content (AvgIpc) is 2.84. The molecule has 1 aromatic heterocycles. The third kappa shape index (κ3) is 3.73. The van der Waals surface area contributed by atoms with Gasteiger partial charge in [-0.1, -0.05) is 6.92 Å². The highest BCUT2D eigenvalue weighted by Crippen LogP contribution is 2.48. The van der Waals surface area contributed by atoms with Gasteiger partial charge < -0.3 is 24.4 Å². The second-order valence-electron chi connectivity index (χ2n) is 5.07. The zero-order valence-electron chi connectivity index (χ0n) is 12.6. The molecule has 124 valence electrons. The molecule has 2 unspecified atom stereocenters. The largest absolute Gasteiger partial charge is 0.383 e. The summed E-state index contributed by atoms with van der Waals surface area (Å²) in [6, 6.07) is 0. The molecule has 1 aromatic rings. The van der Waals surface area contributed by atoms with E-state index in [0.717, 1.165) is 0 Å². The smallest absolute Gasteiger partial charge is 0.351 e. The van der Waals surface area contributed by atoms with Crippen LogP contribution in [0.15, 0.2) is 11.0 Å². The third-order valence-corrected chi connectivity index (χ3v) is 5.27. The minimum Gasteiger partial charge on any atom is -0.383 e. The molecule has 0 radical (unpaired) electrons. The van der Waals surface area contributed by atoms with Gasteiger partial charge in [0.05, 0.1) is 12.2 Å². The summed E-state index contributed by atoms with van der Waals surface area (Å²) >= 11 is 4.87. The third-order valence-electron chi connectivity index (χ3n) is 3.57. The lowest BCUT2D eigenvalue weighted by Gasteiger charge is -2.21. The van der Waals surface area contributed by atoms with Crippen molar-refractivity contribution in [3.63, 3.8) is 0 Å². The van der Waals surface area contributed by atoms with Crippen LogP contribution in [0.25, 0.3) is 0 Å². The Hall–Kier alpha value is -0.830. The number of hydrogen-bond acceptors (Lipinski definition) is 7. The monoisotopic (exact) mass is 349 g/mol. The molecule has 1 aliphatic heterocycles. The van der Waals surface area contributed by atoms with Gasteiger partial charge in [-0.05, 0) is 25.2 Å². The molecule has 0 spiro atoms. The van der Waals surface area contributed by atoms with Gasteiger partial charge in [0.1, 0.15) is 12.0 Å². The first-order valence-corrected chi connectivity index (χ1v) is 9.44. The molecule has 0 saturated carbocycles. The van der Waals surface area contributed by atoms with Crippen molar-refractivity contribution in [2.45, 2.75) is 45.1 Å². The molecule has 10 heteroatoms. The molecule has 0 bridgehead atoms. The fourth-order valence-corrected chi connectivity index (χ4v) is 3.33. The van der Waals surface area contributed by atoms with E-state index in [0.29, 0.717) is 18.4 Å². The van der Waals surface area contributed by atoms with E-state index < -0.39 is 24.7 Å². The van der Waals surface area contributed by atoms with Gasteiger partial charge in [0.25, 0.3) is 0 Å². The molecule has 0 aliphatic carbocycles. The number of rotatable bonds is 5. The summed E-state index contributed by atoms with van der Waals surface area (Å²) in [4.78, 5) is 25.6. The number of aryl methyl sites for hydroxylation is 1. The van der Waals surface area contributed by atoms with Gasteiger partial charge in [-0.25, -0.2) is 4.79 Å². The van der Waals surface area contributed by atoms with Crippen molar-refractivity contribution in [2.75, 3.05) is 12.8 Å². The lowest BCUT2D eigenvalue weighted by molar-refractivity contribution is -0.0199. The Labute approximate surface area is 133 Å². The molecule has 8 nitrogen and oxygen atoms in total. The number of nitrogen functional groups attached to an aromatic ring is 1. The Morgan fingerprint density at radius 2 is 2.36 bits per heavy atom. The molecule has 1 aliphatic rings. The molecule has 22 heavy (non-hydrogen) atoms. The molecule has 4 atom stereocenters. The number of nitrogens with zero attached hydrogens (tertiary/aromatic N) is 2. The minimum absolute atomic E-state index is 0.198. The predicted molar refractivity (Wildman–Crippen MR) is 84.9 cm³/mol. The normalized spacial score (nSPS) is 27.7. The van der Waals surface area contributed by atoms with Crippen LogP contribution in [0.3, 0.4) is 0 Å². The fraction of sp³-hybridized carbons (Fsp3) is 0.667. The molecule has 0 aromatic carbocycles. The molecule has 2 heterocycles. The first kappa shape index (κ1) is 17.5. The summed E-state index contributed by atoms with van der Waals surface area (Å²) in [6.45, 7) is 0.394. The minimum atomic E-state index is -3.29. The molecule has 1 fully saturated rings. The number of ether oxygens (including phenoxy) is 1. The molecule has 3 N–H and O–H groups in total. The lowest BCUT2D eigenvalue weighted by Crippen LogP contribution is -2.28. The van der Waals surface area contributed by atoms with E-state index >= 15 is 0 Å². The van der Waals surface area contributed by atoms with Crippen LogP contribution in [-0.2, 0) is 25.6 Å². The van der Waals surface area contributed by atoms with E-state index in [4.69, 9.17) is 31.3 Å². The predicted octanol–water partition coefficient (Wildman–Crippen LogP) is 1.08. The van der Waals surface area contributed by atoms with Crippen LogP contribution in [-0.4, -0.2) is 33.8 Å². The summed E-state index contributed by atoms with van der Waals surface area (Å²) in [5.41, 5.74) is 5.82. The fourth-order valence-electron chi connectivity index (χ4n) is 2.34. The highest BCUT2D eigenvalue weighted by molar-refractivity contribution is 8.07. The zero-order chi connectivity index (χ0) is 16.5. The summed E-state index contributed by atoms with van der Waals surface area (Å²) in [5.74, 6) is 0.198. The van der Waals surface area contributed by atoms with Crippen LogP contribution in [0, 0.1) is 6.92 Å². The Morgan fingerprint density at radius 1 is 1.68 bits per heavy atom. The van der Waals surface area contributed by atoms with Gasteiger partial charge >= 0.3 is 12.4 Å². The highest BCUT2D eigenvalue weighted by Gasteiger charge is 2.39. The van der Waals surface area contributed by atoms with Crippen LogP contribution >= 0.6 is 6.72 Å². The van der Waals surface area contributed by atoms with Crippen molar-refractivity contribution in [1.82, 2.24) is 9.55 Å². The van der Waals surface area contributed by atoms with Gasteiger partial charge in [-0.2, -0.15) is 4.98 Å². The van der Waals surface area contributed by atoms with Crippen LogP contribution in [0.2, 0.25) is 0 Å². The van der Waals surface area contributed by atoms with E-state index in [1.54, 1.807) is 13.1 Å². The van der Waals surface area contributed by atoms with Gasteiger partial charge in [-0.15, -0.1) is 0 Å². The maximum atomic E-state index is 12.0. The number of aromatic nitrogens is 2. The number of nitrogens with two attached hydrogens (primary N) is 1. The first-order valence-electron chi connectivity index (χ1n) is 6.85. The maximum absolute atomic E-state index is 12.0. The van der Waals surface area contributed by atoms with Crippen molar-refractivity contribution < 1.29 is 18.7 Å². The van der Waals surface area contributed by atoms with Crippen LogP contribution in [0.1, 0.15) is 31.6 Å². The second-order valence-corrected chi connectivity index (χ2v) is 7.96. The molecular weight excluding hydrogens is 329 g/mol. The second kappa shape index (κ2) is 6.74. The highest BCUT2D eigenvalue weighted by atomic mass is 32.5. The van der Waals surface area contributed by atoms with Crippen molar-refractivity contribution in [2.24, 2.45) is 0 Å². The van der Waals surface area contributed by atoms with Crippen molar-refractivity contribution >= 4 is 24.3 Å². The van der Waals surface area contributed by atoms with Gasteiger partial charge in [0, 0.05) is 25.3 Å². The van der Waals surface area contributed by atoms with Gasteiger partial charge in [0.2, 0.25) is 0 Å². The van der Waals surface area contributed by atoms with E-state index in [1.807, 2.05) is 6.92 Å². The molecule has 0 amide bonds. The Bertz CT molecular complexity index is 652. The van der Waals surface area contributed by atoms with E-state index in [-0.39, 0.29) is 11.9 Å². The summed E-state index contributed by atoms with van der Waals surface area (Å²) in [7, 11) is 1.30. The zero-order valence-corrected chi connectivity index (χ0v) is 14.3. The number of hydrogen-bond donors (Lipinski definition) is 2. The van der Waals surface area contributed by atoms with Crippen LogP contribution in [0.5, 0.6) is 0 Å². The van der Waals surface area contributed by atoms with Crippen LogP contribution < -0.4 is 11.4 Å². The quantitative estimate of drug-likeness (QED) is 0.760. The van der Waals surface area contributed by atoms with Crippen molar-refractivity contribution in [3.05, 3.63) is 22.2 Å². The van der Waals surface area contributed by atoms with E-state index in [2.05, 4.69) is 4.98 Å². The molecular formula is C12H20N3O5PS. The summed E-state index contributed by atoms with van der Waals surface area (Å²) in [6.07, 6.45) is 1.34. The van der Waals surface area contributed by atoms with Gasteiger partial charge in [-0.3, -0.25) is 4.57 Å². The molecule has 2 rings (SSSR count). The average molecular weight is 349 g/mol. The summed E-state index contributed by atoms with van der Waals surface area (Å²) < 4.78 is 17.5. The van der Waals surface area contributed by atoms with Gasteiger partial charge in [0.15, 0.2) is 0 Å². The standard InChI is InChI=1S/C12H20N3O5PS/c1-4-8-9(20-21(17,22)18-3)5-10(19-8)15-6-7(2)11(13)14-12(15)16/h6,8-10H,4-5H2,1-3H3,(H,17,22)(H2,13,14,16)/t8-,9?,10-,21?/m1/s1. The van der Waals surface area contributed by atoms with E-state index in [1.165, 1.54) is 11.7 Å². The Kier molecular flexibility index (Phi) is 5.37. The molecule has 1 saturated heterocycles. The van der Waals surface area contributed by atoms with Crippen molar-refractivity contribution in [3.8, 4) is 0 Å². The first-order chi connectivity index (χ1) is 10.3. The van der Waals surface area contributed by atoms with Crippen LogP contribution in [0.4, 0.5) is 5.82 Å². The Balaban J connectivity index is 2.24. The summed E-state index contributed by atoms with van der Waals surface area (Å²) in [5, 5.41) is 0. The van der Waals surface area contributed by atoms with Crippen molar-refractivity contribution in [1.29, 1.82) is 0 Å². The lowest BCUT2D eigenvalue weighted by atomic mass is 10.1.